The van der Waals surface area contributed by atoms with Crippen molar-refractivity contribution >= 4 is 17.8 Å². The lowest BCUT2D eigenvalue weighted by atomic mass is 10.1. The van der Waals surface area contributed by atoms with Crippen molar-refractivity contribution < 1.29 is 0 Å². The van der Waals surface area contributed by atoms with Crippen LogP contribution in [0.5, 0.6) is 0 Å². The Morgan fingerprint density at radius 2 is 1.65 bits per heavy atom. The molecule has 0 radical (unpaired) electrons. The molecule has 0 saturated carbocycles. The van der Waals surface area contributed by atoms with Gasteiger partial charge in [-0.05, 0) is 6.07 Å². The summed E-state index contributed by atoms with van der Waals surface area (Å²) in [6.07, 6.45) is 1.91. The van der Waals surface area contributed by atoms with E-state index in [-0.39, 0.29) is 0 Å². The van der Waals surface area contributed by atoms with Gasteiger partial charge in [0.2, 0.25) is 5.12 Å². The van der Waals surface area contributed by atoms with E-state index in [1.54, 1.807) is 0 Å². The van der Waals surface area contributed by atoms with Crippen molar-refractivity contribution in [2.45, 2.75) is 5.12 Å². The minimum Gasteiger partial charge on any atom is -0.350 e. The largest absolute Gasteiger partial charge is 0.350 e. The van der Waals surface area contributed by atoms with Crippen molar-refractivity contribution in [1.82, 2.24) is 5.32 Å². The van der Waals surface area contributed by atoms with E-state index in [0.717, 1.165) is 16.1 Å². The first-order valence-electron chi connectivity index (χ1n) is 5.45. The molecule has 84 valence electrons. The van der Waals surface area contributed by atoms with Gasteiger partial charge >= 0.3 is 0 Å². The molecule has 0 fully saturated rings. The third kappa shape index (κ3) is 1.81. The number of hydrogen-bond donors (Lipinski definition) is 1. The number of nitrogens with one attached hydrogen (secondary N) is 1. The number of hydrogen-bond acceptors (Lipinski definition) is 2. The van der Waals surface area contributed by atoms with Crippen LogP contribution in [-0.4, -0.2) is 0 Å². The Hall–Kier alpha value is -1.80. The maximum absolute atomic E-state index is 6.52. The van der Waals surface area contributed by atoms with Crippen LogP contribution in [0.15, 0.2) is 59.6 Å². The van der Waals surface area contributed by atoms with Gasteiger partial charge in [-0.2, -0.15) is 0 Å². The number of halogens is 1. The van der Waals surface area contributed by atoms with E-state index >= 15 is 0 Å². The fourth-order valence-corrected chi connectivity index (χ4v) is 2.16. The summed E-state index contributed by atoms with van der Waals surface area (Å²) in [5, 5.41) is 4.21. The van der Waals surface area contributed by atoms with Gasteiger partial charge in [0.05, 0.1) is 5.36 Å². The molecule has 3 rings (SSSR count). The van der Waals surface area contributed by atoms with Gasteiger partial charge in [-0.25, -0.2) is 4.99 Å². The highest BCUT2D eigenvalue weighted by Gasteiger charge is 2.28. The summed E-state index contributed by atoms with van der Waals surface area (Å²) in [6.45, 7) is 0. The van der Waals surface area contributed by atoms with Crippen molar-refractivity contribution in [3.8, 4) is 0 Å². The summed E-state index contributed by atoms with van der Waals surface area (Å²) in [7, 11) is 0. The summed E-state index contributed by atoms with van der Waals surface area (Å²) >= 11 is 6.52. The van der Waals surface area contributed by atoms with Gasteiger partial charge in [0.1, 0.15) is 0 Å². The van der Waals surface area contributed by atoms with Crippen LogP contribution in [0.3, 0.4) is 0 Å². The molecule has 17 heavy (non-hydrogen) atoms. The molecule has 2 nitrogen and oxygen atoms in total. The summed E-state index contributed by atoms with van der Waals surface area (Å²) in [4.78, 5) is 4.57. The Bertz CT molecular complexity index is 651. The number of rotatable bonds is 1. The zero-order valence-electron chi connectivity index (χ0n) is 9.10. The highest BCUT2D eigenvalue weighted by atomic mass is 35.5. The van der Waals surface area contributed by atoms with Crippen molar-refractivity contribution in [2.75, 3.05) is 0 Å². The van der Waals surface area contributed by atoms with Crippen LogP contribution < -0.4 is 15.9 Å². The Morgan fingerprint density at radius 1 is 0.941 bits per heavy atom. The Labute approximate surface area is 104 Å². The molecule has 0 saturated heterocycles. The van der Waals surface area contributed by atoms with Gasteiger partial charge in [0.25, 0.3) is 0 Å². The lowest BCUT2D eigenvalue weighted by molar-refractivity contribution is 0.569. The first-order valence-corrected chi connectivity index (χ1v) is 5.83. The second-order valence-electron chi connectivity index (χ2n) is 3.95. The maximum Gasteiger partial charge on any atom is 0.232 e. The topological polar surface area (TPSA) is 24.4 Å². The van der Waals surface area contributed by atoms with E-state index in [1.165, 1.54) is 0 Å². The predicted molar refractivity (Wildman–Crippen MR) is 68.8 cm³/mol. The molecule has 0 amide bonds. The highest BCUT2D eigenvalue weighted by molar-refractivity contribution is 6.23. The molecule has 1 unspecified atom stereocenters. The maximum atomic E-state index is 6.52. The molecule has 1 atom stereocenters. The van der Waals surface area contributed by atoms with Gasteiger partial charge in [-0.1, -0.05) is 60.1 Å². The molecular formula is C14H11ClN2. The minimum absolute atomic E-state index is 0.893. The number of para-hydroxylation sites is 1. The van der Waals surface area contributed by atoms with Crippen molar-refractivity contribution in [1.29, 1.82) is 0 Å². The lowest BCUT2D eigenvalue weighted by Gasteiger charge is -2.25. The van der Waals surface area contributed by atoms with Crippen LogP contribution >= 0.6 is 11.6 Å². The fourth-order valence-electron chi connectivity index (χ4n) is 1.89. The number of benzene rings is 2. The van der Waals surface area contributed by atoms with Crippen molar-refractivity contribution in [2.24, 2.45) is 4.99 Å². The monoisotopic (exact) mass is 242 g/mol. The van der Waals surface area contributed by atoms with E-state index < -0.39 is 5.12 Å². The average molecular weight is 243 g/mol. The van der Waals surface area contributed by atoms with Gasteiger partial charge in [0, 0.05) is 17.0 Å². The summed E-state index contributed by atoms with van der Waals surface area (Å²) in [5.74, 6) is 0. The first-order chi connectivity index (χ1) is 8.28. The normalized spacial score (nSPS) is 21.7. The molecule has 0 aromatic heterocycles. The third-order valence-electron chi connectivity index (χ3n) is 2.79. The first kappa shape index (κ1) is 10.4. The molecule has 0 aliphatic carbocycles. The molecule has 1 aliphatic rings. The molecule has 2 aromatic carbocycles. The standard InChI is InChI=1S/C14H11ClN2/c15-14(12-7-2-1-3-8-12)16-10-11-6-4-5-9-13(11)17-14/h1-10,16H. The van der Waals surface area contributed by atoms with Gasteiger partial charge in [-0.3, -0.25) is 0 Å². The number of alkyl halides is 1. The third-order valence-corrected chi connectivity index (χ3v) is 3.20. The quantitative estimate of drug-likeness (QED) is 0.598. The summed E-state index contributed by atoms with van der Waals surface area (Å²) in [6, 6.07) is 17.7. The molecule has 2 aromatic rings. The van der Waals surface area contributed by atoms with Crippen LogP contribution in [0.4, 0.5) is 0 Å². The van der Waals surface area contributed by atoms with Gasteiger partial charge in [-0.15, -0.1) is 0 Å². The SMILES string of the molecule is ClC1(c2ccccc2)N=c2ccccc2=CN1. The van der Waals surface area contributed by atoms with Crippen molar-refractivity contribution in [3.05, 3.63) is 70.7 Å². The average Bonchev–Trinajstić information content (AvgIpc) is 2.40. The van der Waals surface area contributed by atoms with Crippen LogP contribution in [0, 0.1) is 0 Å². The summed E-state index contributed by atoms with van der Waals surface area (Å²) < 4.78 is 0. The van der Waals surface area contributed by atoms with Gasteiger partial charge in [0.15, 0.2) is 0 Å². The minimum atomic E-state index is -0.893. The molecule has 1 heterocycles. The zero-order chi connectivity index (χ0) is 11.7. The van der Waals surface area contributed by atoms with Crippen LogP contribution in [0.2, 0.25) is 0 Å². The van der Waals surface area contributed by atoms with E-state index in [1.807, 2.05) is 60.8 Å². The fraction of sp³-hybridized carbons (Fsp3) is 0.0714. The van der Waals surface area contributed by atoms with Crippen LogP contribution in [0.25, 0.3) is 6.20 Å². The Kier molecular flexibility index (Phi) is 2.37. The lowest BCUT2D eigenvalue weighted by Crippen LogP contribution is -2.43. The second kappa shape index (κ2) is 3.90. The van der Waals surface area contributed by atoms with E-state index in [4.69, 9.17) is 11.6 Å². The van der Waals surface area contributed by atoms with E-state index in [9.17, 15) is 0 Å². The summed E-state index contributed by atoms with van der Waals surface area (Å²) in [5.41, 5.74) is 0.937. The molecule has 1 N–H and O–H groups in total. The molecule has 0 spiro atoms. The highest BCUT2D eigenvalue weighted by Crippen LogP contribution is 2.27. The van der Waals surface area contributed by atoms with Crippen molar-refractivity contribution in [3.63, 3.8) is 0 Å². The second-order valence-corrected chi connectivity index (χ2v) is 4.49. The number of nitrogens with zero attached hydrogens (tertiary/aromatic N) is 1. The Morgan fingerprint density at radius 3 is 2.47 bits per heavy atom. The predicted octanol–water partition coefficient (Wildman–Crippen LogP) is 1.70. The molecule has 3 heteroatoms. The van der Waals surface area contributed by atoms with E-state index in [0.29, 0.717) is 0 Å². The van der Waals surface area contributed by atoms with E-state index in [2.05, 4.69) is 10.3 Å². The Balaban J connectivity index is 2.17. The molecule has 1 aliphatic heterocycles. The van der Waals surface area contributed by atoms with Crippen LogP contribution in [0.1, 0.15) is 5.56 Å². The molecular weight excluding hydrogens is 232 g/mol. The zero-order valence-corrected chi connectivity index (χ0v) is 9.85. The van der Waals surface area contributed by atoms with Gasteiger partial charge < -0.3 is 5.32 Å². The van der Waals surface area contributed by atoms with Crippen LogP contribution in [-0.2, 0) is 5.12 Å². The molecule has 0 bridgehead atoms. The number of fused-ring (bicyclic) bond motifs is 1. The smallest absolute Gasteiger partial charge is 0.232 e.